The van der Waals surface area contributed by atoms with E-state index in [0.717, 1.165) is 0 Å². The van der Waals surface area contributed by atoms with Crippen LogP contribution in [0.4, 0.5) is 0 Å². The molecule has 2 heterocycles. The number of hydrogen-bond acceptors (Lipinski definition) is 5. The van der Waals surface area contributed by atoms with Crippen LogP contribution in [0.3, 0.4) is 0 Å². The van der Waals surface area contributed by atoms with Gasteiger partial charge in [-0.15, -0.1) is 0 Å². The lowest BCUT2D eigenvalue weighted by Crippen LogP contribution is -2.54. The second-order valence-electron chi connectivity index (χ2n) is 3.10. The van der Waals surface area contributed by atoms with E-state index < -0.39 is 30.6 Å². The minimum atomic E-state index is -1.20. The summed E-state index contributed by atoms with van der Waals surface area (Å²) in [5.41, 5.74) is 2.66. The standard InChI is InChI=1S/C6H12NO5/c8-1-2-3(9)4(10)5(11)6-7-12(2)6/h2-11H,1H2/q+1/t2-,3-,4+,5+,6+/m1/s1. The van der Waals surface area contributed by atoms with E-state index in [2.05, 4.69) is 9.95 Å². The Morgan fingerprint density at radius 2 is 1.75 bits per heavy atom. The molecule has 0 unspecified atom stereocenters. The topological polar surface area (TPSA) is 106 Å². The molecular formula is C6H12NO5+. The van der Waals surface area contributed by atoms with Gasteiger partial charge in [0.1, 0.15) is 12.7 Å². The van der Waals surface area contributed by atoms with Gasteiger partial charge < -0.3 is 20.4 Å². The van der Waals surface area contributed by atoms with Crippen molar-refractivity contribution in [3.05, 3.63) is 0 Å². The molecule has 2 saturated heterocycles. The Bertz CT molecular complexity index is 189. The summed E-state index contributed by atoms with van der Waals surface area (Å²) in [6.45, 7) is -0.279. The maximum atomic E-state index is 9.33. The van der Waals surface area contributed by atoms with Crippen LogP contribution in [0.15, 0.2) is 0 Å². The summed E-state index contributed by atoms with van der Waals surface area (Å²) < 4.78 is 2.33. The van der Waals surface area contributed by atoms with Crippen LogP contribution >= 0.6 is 0 Å². The van der Waals surface area contributed by atoms with Crippen LogP contribution in [-0.4, -0.2) is 57.7 Å². The van der Waals surface area contributed by atoms with E-state index in [-0.39, 0.29) is 6.61 Å². The fourth-order valence-electron chi connectivity index (χ4n) is 1.54. The molecule has 12 heavy (non-hydrogen) atoms. The van der Waals surface area contributed by atoms with E-state index in [0.29, 0.717) is 0 Å². The number of rotatable bonds is 1. The summed E-state index contributed by atoms with van der Waals surface area (Å²) in [6, 6.07) is 0. The average molecular weight is 178 g/mol. The molecule has 0 radical (unpaired) electrons. The monoisotopic (exact) mass is 178 g/mol. The molecule has 6 nitrogen and oxygen atoms in total. The molecule has 2 fully saturated rings. The van der Waals surface area contributed by atoms with Crippen LogP contribution in [0.25, 0.3) is 0 Å². The molecule has 0 aromatic carbocycles. The largest absolute Gasteiger partial charge is 0.388 e. The number of fused-ring (bicyclic) bond motifs is 1. The SMILES string of the molecule is OC[C@@H]1[C@@H](O)[C@H](O)[C@H](O)[C@H]2N[O+]12. The van der Waals surface area contributed by atoms with Crippen LogP contribution in [0.1, 0.15) is 0 Å². The molecule has 2 aliphatic rings. The Kier molecular flexibility index (Phi) is 1.83. The van der Waals surface area contributed by atoms with Gasteiger partial charge in [-0.1, -0.05) is 0 Å². The Hall–Kier alpha value is -0.240. The van der Waals surface area contributed by atoms with Crippen molar-refractivity contribution in [2.75, 3.05) is 6.61 Å². The summed E-state index contributed by atoms with van der Waals surface area (Å²) in [5, 5.41) is 36.6. The normalized spacial score (nSPS) is 53.5. The van der Waals surface area contributed by atoms with E-state index in [1.54, 1.807) is 0 Å². The van der Waals surface area contributed by atoms with Crippen molar-refractivity contribution >= 4 is 0 Å². The van der Waals surface area contributed by atoms with Crippen molar-refractivity contribution in [3.63, 3.8) is 0 Å². The summed E-state index contributed by atoms with van der Waals surface area (Å²) in [5.74, 6) is 0. The molecule has 0 spiro atoms. The lowest BCUT2D eigenvalue weighted by molar-refractivity contribution is -0.222. The zero-order valence-corrected chi connectivity index (χ0v) is 6.29. The third kappa shape index (κ3) is 0.972. The minimum absolute atomic E-state index is 0.279. The van der Waals surface area contributed by atoms with Crippen LogP contribution in [0.5, 0.6) is 0 Å². The minimum Gasteiger partial charge on any atom is -0.388 e. The molecule has 0 bridgehead atoms. The highest BCUT2D eigenvalue weighted by Crippen LogP contribution is 2.34. The number of aliphatic hydroxyl groups excluding tert-OH is 4. The van der Waals surface area contributed by atoms with Gasteiger partial charge >= 0.3 is 6.23 Å². The third-order valence-corrected chi connectivity index (χ3v) is 2.37. The van der Waals surface area contributed by atoms with E-state index in [9.17, 15) is 15.3 Å². The van der Waals surface area contributed by atoms with Gasteiger partial charge in [-0.25, -0.2) is 0 Å². The van der Waals surface area contributed by atoms with Gasteiger partial charge in [0.05, 0.1) is 0 Å². The Balaban J connectivity index is 2.11. The van der Waals surface area contributed by atoms with E-state index in [4.69, 9.17) is 5.11 Å². The highest BCUT2D eigenvalue weighted by molar-refractivity contribution is 4.97. The zero-order chi connectivity index (χ0) is 8.88. The first-order valence-electron chi connectivity index (χ1n) is 3.80. The molecule has 2 aliphatic heterocycles. The summed E-state index contributed by atoms with van der Waals surface area (Å²) >= 11 is 0. The van der Waals surface area contributed by atoms with E-state index >= 15 is 0 Å². The summed E-state index contributed by atoms with van der Waals surface area (Å²) in [6.07, 6.45) is -4.37. The molecule has 70 valence electrons. The second kappa shape index (κ2) is 2.63. The van der Waals surface area contributed by atoms with Crippen molar-refractivity contribution in [3.8, 4) is 0 Å². The Morgan fingerprint density at radius 1 is 1.08 bits per heavy atom. The Morgan fingerprint density at radius 3 is 2.33 bits per heavy atom. The maximum absolute atomic E-state index is 9.33. The number of hydroxylamine groups is 1. The highest BCUT2D eigenvalue weighted by Gasteiger charge is 2.65. The van der Waals surface area contributed by atoms with Gasteiger partial charge in [0.15, 0.2) is 12.2 Å². The van der Waals surface area contributed by atoms with Crippen LogP contribution in [0.2, 0.25) is 0 Å². The van der Waals surface area contributed by atoms with Gasteiger partial charge in [0.25, 0.3) is 0 Å². The summed E-state index contributed by atoms with van der Waals surface area (Å²) in [7, 11) is 0. The molecule has 5 N–H and O–H groups in total. The Labute approximate surface area is 68.7 Å². The van der Waals surface area contributed by atoms with Crippen LogP contribution in [-0.2, 0) is 4.47 Å². The highest BCUT2D eigenvalue weighted by atomic mass is 17.0. The predicted octanol–water partition coefficient (Wildman–Crippen LogP) is -3.16. The quantitative estimate of drug-likeness (QED) is 0.215. The lowest BCUT2D eigenvalue weighted by atomic mass is 10.0. The van der Waals surface area contributed by atoms with Crippen molar-refractivity contribution in [2.24, 2.45) is 0 Å². The molecule has 0 aromatic heterocycles. The predicted molar refractivity (Wildman–Crippen MR) is 36.9 cm³/mol. The van der Waals surface area contributed by atoms with Crippen molar-refractivity contribution in [1.82, 2.24) is 5.48 Å². The third-order valence-electron chi connectivity index (χ3n) is 2.37. The maximum Gasteiger partial charge on any atom is 0.322 e. The molecule has 6 heteroatoms. The van der Waals surface area contributed by atoms with Crippen LogP contribution < -0.4 is 5.48 Å². The summed E-state index contributed by atoms with van der Waals surface area (Å²) in [4.78, 5) is 0. The first kappa shape index (κ1) is 8.36. The molecular weight excluding hydrogens is 166 g/mol. The second-order valence-corrected chi connectivity index (χ2v) is 3.10. The molecule has 0 aromatic rings. The van der Waals surface area contributed by atoms with Gasteiger partial charge in [-0.05, 0) is 5.48 Å². The van der Waals surface area contributed by atoms with Crippen molar-refractivity contribution in [2.45, 2.75) is 30.6 Å². The van der Waals surface area contributed by atoms with Gasteiger partial charge in [-0.3, -0.25) is 4.47 Å². The lowest BCUT2D eigenvalue weighted by Gasteiger charge is -2.27. The first-order valence-corrected chi connectivity index (χ1v) is 3.80. The van der Waals surface area contributed by atoms with Gasteiger partial charge in [-0.2, -0.15) is 0 Å². The molecule has 2 rings (SSSR count). The van der Waals surface area contributed by atoms with Crippen molar-refractivity contribution < 1.29 is 24.9 Å². The van der Waals surface area contributed by atoms with Crippen molar-refractivity contribution in [1.29, 1.82) is 0 Å². The molecule has 0 saturated carbocycles. The number of nitrogens with one attached hydrogen (secondary N) is 1. The zero-order valence-electron chi connectivity index (χ0n) is 6.29. The van der Waals surface area contributed by atoms with Crippen LogP contribution in [0, 0.1) is 0 Å². The van der Waals surface area contributed by atoms with E-state index in [1.807, 2.05) is 0 Å². The average Bonchev–Trinajstić information content (AvgIpc) is 2.81. The smallest absolute Gasteiger partial charge is 0.322 e. The fraction of sp³-hybridized carbons (Fsp3) is 1.00. The first-order chi connectivity index (χ1) is 5.66. The fourth-order valence-corrected chi connectivity index (χ4v) is 1.54. The van der Waals surface area contributed by atoms with Gasteiger partial charge in [0, 0.05) is 0 Å². The van der Waals surface area contributed by atoms with Gasteiger partial charge in [0.2, 0.25) is 6.10 Å². The molecule has 0 amide bonds. The van der Waals surface area contributed by atoms with E-state index in [1.165, 1.54) is 0 Å². The molecule has 5 atom stereocenters. The number of hydrogen-bond donors (Lipinski definition) is 5. The molecule has 0 aliphatic carbocycles. The number of aliphatic hydroxyl groups is 4.